The molecule has 0 rings (SSSR count). The van der Waals surface area contributed by atoms with Gasteiger partial charge in [0.2, 0.25) is 0 Å². The van der Waals surface area contributed by atoms with Crippen LogP contribution >= 0.6 is 15.1 Å². The minimum Gasteiger partial charge on any atom is -0.756 e. The summed E-state index contributed by atoms with van der Waals surface area (Å²) in [5.74, 6) is 0. The highest BCUT2D eigenvalue weighted by Crippen LogP contribution is 2.61. The lowest BCUT2D eigenvalue weighted by Crippen LogP contribution is -2.13. The van der Waals surface area contributed by atoms with Crippen LogP contribution in [0.25, 0.3) is 0 Å². The van der Waals surface area contributed by atoms with Crippen molar-refractivity contribution in [2.75, 3.05) is 37.9 Å². The summed E-state index contributed by atoms with van der Waals surface area (Å²) in [6.07, 6.45) is 55.4. The van der Waals surface area contributed by atoms with Crippen molar-refractivity contribution < 1.29 is 18.5 Å². The van der Waals surface area contributed by atoms with E-state index >= 15 is 0 Å². The van der Waals surface area contributed by atoms with Gasteiger partial charge in [0.1, 0.15) is 0 Å². The van der Waals surface area contributed by atoms with Crippen molar-refractivity contribution in [1.82, 2.24) is 0 Å². The fraction of sp³-hybridized carbons (Fsp3) is 1.00. The third-order valence-corrected chi connectivity index (χ3v) is 17.5. The van der Waals surface area contributed by atoms with Gasteiger partial charge in [0.25, 0.3) is 7.82 Å². The average Bonchev–Trinajstić information content (AvgIpc) is 3.16. The Hall–Kier alpha value is 0.540. The van der Waals surface area contributed by atoms with Gasteiger partial charge < -0.3 is 13.9 Å². The zero-order valence-corrected chi connectivity index (χ0v) is 40.0. The van der Waals surface area contributed by atoms with E-state index in [9.17, 15) is 9.46 Å². The van der Waals surface area contributed by atoms with Crippen LogP contribution in [0.2, 0.25) is 0 Å². The van der Waals surface area contributed by atoms with Gasteiger partial charge in [-0.05, 0) is 64.2 Å². The first-order valence-electron chi connectivity index (χ1n) is 24.8. The maximum absolute atomic E-state index is 11.5. The van der Waals surface area contributed by atoms with Crippen LogP contribution < -0.4 is 4.89 Å². The van der Waals surface area contributed by atoms with Crippen LogP contribution in [-0.2, 0) is 13.6 Å². The molecule has 0 aliphatic rings. The summed E-state index contributed by atoms with van der Waals surface area (Å²) in [6, 6.07) is 0. The summed E-state index contributed by atoms with van der Waals surface area (Å²) in [7, 11) is -4.76. The Labute approximate surface area is 343 Å². The smallest absolute Gasteiger partial charge is 0.267 e. The Kier molecular flexibility index (Phi) is 48.5. The molecular formula is C48H102O4P2. The van der Waals surface area contributed by atoms with Gasteiger partial charge in [0.15, 0.2) is 0 Å². The molecule has 0 unspecified atom stereocenters. The lowest BCUT2D eigenvalue weighted by atomic mass is 10.1. The van der Waals surface area contributed by atoms with Crippen molar-refractivity contribution in [3.05, 3.63) is 0 Å². The second-order valence-electron chi connectivity index (χ2n) is 17.0. The Balaban J connectivity index is 0. The quantitative estimate of drug-likeness (QED) is 0.0455. The van der Waals surface area contributed by atoms with Crippen LogP contribution in [0.3, 0.4) is 0 Å². The van der Waals surface area contributed by atoms with E-state index in [1.807, 2.05) is 0 Å². The molecule has 0 N–H and O–H groups in total. The third-order valence-electron chi connectivity index (χ3n) is 11.4. The molecule has 0 aliphatic heterocycles. The first kappa shape index (κ1) is 56.6. The van der Waals surface area contributed by atoms with Crippen molar-refractivity contribution in [1.29, 1.82) is 0 Å². The molecule has 0 radical (unpaired) electrons. The minimum atomic E-state index is -4.07. The Morgan fingerprint density at radius 1 is 0.315 bits per heavy atom. The predicted molar refractivity (Wildman–Crippen MR) is 246 cm³/mol. The standard InChI is InChI=1S/C32H68P.C16H35O4P/c1-5-9-13-17-18-19-20-21-22-23-24-28-32-33(29-25-14-10-6-2,30-26-15-11-7-3)31-27-16-12-8-4;1-3-5-7-9-11-13-15-19-21(17,18)20-16-14-12-10-8-6-4-2/h5-32H2,1-4H3;3-16H2,1-2H3,(H,17,18)/q+1;/p-1. The zero-order valence-electron chi connectivity index (χ0n) is 38.2. The minimum absolute atomic E-state index is 0.253. The molecule has 0 aliphatic carbocycles. The molecule has 0 saturated heterocycles. The van der Waals surface area contributed by atoms with Gasteiger partial charge in [0, 0.05) is 7.26 Å². The highest BCUT2D eigenvalue weighted by atomic mass is 31.2. The van der Waals surface area contributed by atoms with E-state index in [2.05, 4.69) is 41.5 Å². The topological polar surface area (TPSA) is 58.6 Å². The van der Waals surface area contributed by atoms with E-state index in [-0.39, 0.29) is 13.2 Å². The Morgan fingerprint density at radius 3 is 0.741 bits per heavy atom. The highest BCUT2D eigenvalue weighted by Gasteiger charge is 2.34. The van der Waals surface area contributed by atoms with Gasteiger partial charge in [-0.25, -0.2) is 0 Å². The zero-order chi connectivity index (χ0) is 40.1. The normalized spacial score (nSPS) is 12.0. The largest absolute Gasteiger partial charge is 0.756 e. The van der Waals surface area contributed by atoms with Gasteiger partial charge in [-0.15, -0.1) is 0 Å². The van der Waals surface area contributed by atoms with E-state index in [1.54, 1.807) is 50.3 Å². The fourth-order valence-electron chi connectivity index (χ4n) is 7.74. The highest BCUT2D eigenvalue weighted by molar-refractivity contribution is 7.75. The number of hydrogen-bond donors (Lipinski definition) is 0. The van der Waals surface area contributed by atoms with Crippen molar-refractivity contribution >= 4 is 15.1 Å². The van der Waals surface area contributed by atoms with Gasteiger partial charge in [-0.3, -0.25) is 4.57 Å². The molecule has 0 bridgehead atoms. The molecule has 0 amide bonds. The number of phosphoric acid groups is 1. The molecule has 0 aromatic rings. The fourth-order valence-corrected chi connectivity index (χ4v) is 13.4. The van der Waals surface area contributed by atoms with Gasteiger partial charge >= 0.3 is 0 Å². The van der Waals surface area contributed by atoms with Gasteiger partial charge in [0.05, 0.1) is 37.9 Å². The van der Waals surface area contributed by atoms with E-state index in [0.29, 0.717) is 0 Å². The second kappa shape index (κ2) is 46.2. The van der Waals surface area contributed by atoms with Crippen molar-refractivity contribution in [3.8, 4) is 0 Å². The van der Waals surface area contributed by atoms with Crippen LogP contribution in [0.4, 0.5) is 0 Å². The van der Waals surface area contributed by atoms with E-state index in [1.165, 1.54) is 167 Å². The molecular weight excluding hydrogens is 702 g/mol. The molecule has 6 heteroatoms. The summed E-state index contributed by atoms with van der Waals surface area (Å²) in [5.41, 5.74) is 0. The van der Waals surface area contributed by atoms with E-state index in [0.717, 1.165) is 38.5 Å². The molecule has 0 atom stereocenters. The van der Waals surface area contributed by atoms with Crippen LogP contribution in [0.15, 0.2) is 0 Å². The second-order valence-corrected chi connectivity index (χ2v) is 22.8. The van der Waals surface area contributed by atoms with E-state index < -0.39 is 15.1 Å². The van der Waals surface area contributed by atoms with E-state index in [4.69, 9.17) is 9.05 Å². The summed E-state index contributed by atoms with van der Waals surface area (Å²) in [4.78, 5) is 11.5. The van der Waals surface area contributed by atoms with Crippen molar-refractivity contribution in [2.24, 2.45) is 0 Å². The summed E-state index contributed by atoms with van der Waals surface area (Å²) in [5, 5.41) is 0. The van der Waals surface area contributed by atoms with Gasteiger partial charge in [-0.2, -0.15) is 0 Å². The van der Waals surface area contributed by atoms with Crippen molar-refractivity contribution in [3.63, 3.8) is 0 Å². The maximum Gasteiger partial charge on any atom is 0.267 e. The molecule has 0 aromatic carbocycles. The SMILES string of the molecule is CCCCCCCCCCCCCC[P+](CCCCCC)(CCCCCC)CCCCCC.CCCCCCCCOP(=O)([O-])OCCCCCCCC. The number of unbranched alkanes of at least 4 members (excludes halogenated alkanes) is 30. The Morgan fingerprint density at radius 2 is 0.500 bits per heavy atom. The van der Waals surface area contributed by atoms with Crippen LogP contribution in [0, 0.1) is 0 Å². The molecule has 0 spiro atoms. The molecule has 0 heterocycles. The summed E-state index contributed by atoms with van der Waals surface area (Å²) in [6.45, 7) is 14.3. The van der Waals surface area contributed by atoms with Crippen molar-refractivity contribution in [2.45, 2.75) is 273 Å². The predicted octanol–water partition coefficient (Wildman–Crippen LogP) is 17.7. The molecule has 0 saturated carbocycles. The van der Waals surface area contributed by atoms with Crippen LogP contribution in [0.1, 0.15) is 273 Å². The van der Waals surface area contributed by atoms with Crippen LogP contribution in [-0.4, -0.2) is 37.9 Å². The maximum atomic E-state index is 11.5. The van der Waals surface area contributed by atoms with Gasteiger partial charge in [-0.1, -0.05) is 208 Å². The summed E-state index contributed by atoms with van der Waals surface area (Å²) >= 11 is 0. The lowest BCUT2D eigenvalue weighted by Gasteiger charge is -2.28. The first-order chi connectivity index (χ1) is 26.4. The molecule has 0 aromatic heterocycles. The molecule has 4 nitrogen and oxygen atoms in total. The summed E-state index contributed by atoms with van der Waals surface area (Å²) < 4.78 is 21.2. The number of phosphoric ester groups is 1. The number of hydrogen-bond acceptors (Lipinski definition) is 4. The molecule has 328 valence electrons. The van der Waals surface area contributed by atoms with Crippen LogP contribution in [0.5, 0.6) is 0 Å². The monoisotopic (exact) mass is 805 g/mol. The lowest BCUT2D eigenvalue weighted by molar-refractivity contribution is -0.225. The molecule has 0 fully saturated rings. The number of rotatable bonds is 44. The first-order valence-corrected chi connectivity index (χ1v) is 28.8. The molecule has 54 heavy (non-hydrogen) atoms. The average molecular weight is 805 g/mol. The Bertz CT molecular complexity index is 680. The third kappa shape index (κ3) is 43.7.